The predicted molar refractivity (Wildman–Crippen MR) is 66.9 cm³/mol. The minimum absolute atomic E-state index is 0.170. The van der Waals surface area contributed by atoms with E-state index in [4.69, 9.17) is 21.8 Å². The van der Waals surface area contributed by atoms with E-state index < -0.39 is 12.0 Å². The molecule has 0 aliphatic heterocycles. The van der Waals surface area contributed by atoms with Gasteiger partial charge < -0.3 is 15.3 Å². The van der Waals surface area contributed by atoms with Gasteiger partial charge in [-0.05, 0) is 41.4 Å². The van der Waals surface area contributed by atoms with E-state index in [0.29, 0.717) is 11.3 Å². The van der Waals surface area contributed by atoms with Gasteiger partial charge in [-0.25, -0.2) is 4.39 Å². The van der Waals surface area contributed by atoms with Crippen LogP contribution in [-0.4, -0.2) is 11.7 Å². The van der Waals surface area contributed by atoms with Crippen LogP contribution in [0.2, 0.25) is 5.22 Å². The van der Waals surface area contributed by atoms with Crippen molar-refractivity contribution in [3.63, 3.8) is 0 Å². The minimum Gasteiger partial charge on any atom is -0.447 e. The first kappa shape index (κ1) is 13.1. The molecule has 3 N–H and O–H groups in total. The summed E-state index contributed by atoms with van der Waals surface area (Å²) in [5, 5.41) is 10.4. The largest absolute Gasteiger partial charge is 0.447 e. The van der Waals surface area contributed by atoms with Gasteiger partial charge in [-0.1, -0.05) is 12.1 Å². The molecule has 0 saturated heterocycles. The topological polar surface area (TPSA) is 59.4 Å². The van der Waals surface area contributed by atoms with Crippen molar-refractivity contribution in [2.45, 2.75) is 12.0 Å². The van der Waals surface area contributed by atoms with Gasteiger partial charge in [0.25, 0.3) is 0 Å². The van der Waals surface area contributed by atoms with Gasteiger partial charge >= 0.3 is 0 Å². The number of aliphatic hydroxyl groups excluding tert-OH is 1. The van der Waals surface area contributed by atoms with Crippen molar-refractivity contribution in [1.29, 1.82) is 0 Å². The van der Waals surface area contributed by atoms with Crippen molar-refractivity contribution in [2.75, 3.05) is 6.54 Å². The van der Waals surface area contributed by atoms with Crippen molar-refractivity contribution in [2.24, 2.45) is 5.73 Å². The summed E-state index contributed by atoms with van der Waals surface area (Å²) < 4.78 is 18.3. The molecule has 0 aliphatic rings. The summed E-state index contributed by atoms with van der Waals surface area (Å²) >= 11 is 5.65. The molecule has 1 heterocycles. The molecule has 0 aliphatic carbocycles. The van der Waals surface area contributed by atoms with E-state index in [1.165, 1.54) is 12.1 Å². The monoisotopic (exact) mass is 269 g/mol. The molecule has 0 radical (unpaired) electrons. The van der Waals surface area contributed by atoms with Gasteiger partial charge in [-0.3, -0.25) is 0 Å². The third-order valence-corrected chi connectivity index (χ3v) is 3.00. The number of halogens is 2. The summed E-state index contributed by atoms with van der Waals surface area (Å²) in [6.45, 7) is 0.170. The lowest BCUT2D eigenvalue weighted by Gasteiger charge is -2.20. The number of benzene rings is 1. The second-order valence-electron chi connectivity index (χ2n) is 3.98. The van der Waals surface area contributed by atoms with Crippen LogP contribution in [0.15, 0.2) is 40.8 Å². The van der Waals surface area contributed by atoms with E-state index in [-0.39, 0.29) is 17.6 Å². The van der Waals surface area contributed by atoms with E-state index in [0.717, 1.165) is 0 Å². The summed E-state index contributed by atoms with van der Waals surface area (Å²) in [5.74, 6) is -0.488. The standard InChI is InChI=1S/C13H13ClFNO2/c14-12-5-4-11(18-12)13(17)10(7-16)8-2-1-3-9(15)6-8/h1-6,10,13,17H,7,16H2. The van der Waals surface area contributed by atoms with Crippen LogP contribution in [0, 0.1) is 5.82 Å². The Morgan fingerprint density at radius 1 is 1.33 bits per heavy atom. The Morgan fingerprint density at radius 2 is 2.11 bits per heavy atom. The average Bonchev–Trinajstić information content (AvgIpc) is 2.77. The Balaban J connectivity index is 2.28. The first-order valence-corrected chi connectivity index (χ1v) is 5.88. The highest BCUT2D eigenvalue weighted by Gasteiger charge is 2.24. The third-order valence-electron chi connectivity index (χ3n) is 2.80. The zero-order valence-corrected chi connectivity index (χ0v) is 10.3. The first-order chi connectivity index (χ1) is 8.61. The van der Waals surface area contributed by atoms with Gasteiger partial charge in [0.2, 0.25) is 0 Å². The fourth-order valence-corrected chi connectivity index (χ4v) is 2.02. The molecule has 1 aromatic carbocycles. The summed E-state index contributed by atoms with van der Waals surface area (Å²) in [5.41, 5.74) is 6.27. The Labute approximate surface area is 109 Å². The van der Waals surface area contributed by atoms with Crippen LogP contribution < -0.4 is 5.73 Å². The second kappa shape index (κ2) is 5.52. The number of nitrogens with two attached hydrogens (primary N) is 1. The second-order valence-corrected chi connectivity index (χ2v) is 4.36. The van der Waals surface area contributed by atoms with Crippen LogP contribution in [0.1, 0.15) is 23.3 Å². The number of hydrogen-bond acceptors (Lipinski definition) is 3. The molecule has 2 atom stereocenters. The lowest BCUT2D eigenvalue weighted by atomic mass is 9.92. The summed E-state index contributed by atoms with van der Waals surface area (Å²) in [6.07, 6.45) is -0.954. The third kappa shape index (κ3) is 2.72. The molecule has 3 nitrogen and oxygen atoms in total. The first-order valence-electron chi connectivity index (χ1n) is 5.50. The van der Waals surface area contributed by atoms with Crippen molar-refractivity contribution < 1.29 is 13.9 Å². The van der Waals surface area contributed by atoms with Crippen LogP contribution in [0.4, 0.5) is 4.39 Å². The smallest absolute Gasteiger partial charge is 0.193 e. The molecular formula is C13H13ClFNO2. The van der Waals surface area contributed by atoms with Crippen molar-refractivity contribution in [3.8, 4) is 0 Å². The summed E-state index contributed by atoms with van der Waals surface area (Å²) in [7, 11) is 0. The maximum atomic E-state index is 13.2. The number of hydrogen-bond donors (Lipinski definition) is 2. The minimum atomic E-state index is -0.954. The van der Waals surface area contributed by atoms with Gasteiger partial charge in [-0.15, -0.1) is 0 Å². The van der Waals surface area contributed by atoms with Gasteiger partial charge in [0.1, 0.15) is 17.7 Å². The molecule has 96 valence electrons. The molecule has 2 rings (SSSR count). The summed E-state index contributed by atoms with van der Waals surface area (Å²) in [6, 6.07) is 9.11. The maximum Gasteiger partial charge on any atom is 0.193 e. The average molecular weight is 270 g/mol. The molecule has 0 amide bonds. The predicted octanol–water partition coefficient (Wildman–Crippen LogP) is 2.85. The molecule has 0 spiro atoms. The number of furan rings is 1. The molecular weight excluding hydrogens is 257 g/mol. The molecule has 2 unspecified atom stereocenters. The van der Waals surface area contributed by atoms with E-state index in [1.54, 1.807) is 24.3 Å². The van der Waals surface area contributed by atoms with Crippen LogP contribution in [0.5, 0.6) is 0 Å². The van der Waals surface area contributed by atoms with Crippen molar-refractivity contribution in [3.05, 3.63) is 58.8 Å². The summed E-state index contributed by atoms with van der Waals surface area (Å²) in [4.78, 5) is 0. The highest BCUT2D eigenvalue weighted by atomic mass is 35.5. The van der Waals surface area contributed by atoms with Crippen LogP contribution in [0.25, 0.3) is 0 Å². The van der Waals surface area contributed by atoms with E-state index in [9.17, 15) is 9.50 Å². The lowest BCUT2D eigenvalue weighted by molar-refractivity contribution is 0.122. The molecule has 2 aromatic rings. The van der Waals surface area contributed by atoms with Gasteiger partial charge in [0, 0.05) is 12.5 Å². The van der Waals surface area contributed by atoms with Gasteiger partial charge in [0.15, 0.2) is 5.22 Å². The lowest BCUT2D eigenvalue weighted by Crippen LogP contribution is -2.20. The Kier molecular flexibility index (Phi) is 4.01. The number of aliphatic hydroxyl groups is 1. The molecule has 1 aromatic heterocycles. The Morgan fingerprint density at radius 3 is 2.67 bits per heavy atom. The van der Waals surface area contributed by atoms with Crippen LogP contribution in [0.3, 0.4) is 0 Å². The zero-order chi connectivity index (χ0) is 13.1. The molecule has 0 saturated carbocycles. The maximum absolute atomic E-state index is 13.2. The Bertz CT molecular complexity index is 529. The van der Waals surface area contributed by atoms with Gasteiger partial charge in [0.05, 0.1) is 0 Å². The Hall–Kier alpha value is -1.36. The normalized spacial score (nSPS) is 14.4. The highest BCUT2D eigenvalue weighted by molar-refractivity contribution is 6.28. The van der Waals surface area contributed by atoms with Crippen molar-refractivity contribution in [1.82, 2.24) is 0 Å². The molecule has 18 heavy (non-hydrogen) atoms. The van der Waals surface area contributed by atoms with Gasteiger partial charge in [-0.2, -0.15) is 0 Å². The fraction of sp³-hybridized carbons (Fsp3) is 0.231. The van der Waals surface area contributed by atoms with E-state index in [2.05, 4.69) is 0 Å². The number of rotatable bonds is 4. The van der Waals surface area contributed by atoms with Crippen LogP contribution in [-0.2, 0) is 0 Å². The van der Waals surface area contributed by atoms with E-state index >= 15 is 0 Å². The van der Waals surface area contributed by atoms with E-state index in [1.807, 2.05) is 0 Å². The SMILES string of the molecule is NCC(c1cccc(F)c1)C(O)c1ccc(Cl)o1. The molecule has 0 bridgehead atoms. The quantitative estimate of drug-likeness (QED) is 0.897. The fourth-order valence-electron chi connectivity index (χ4n) is 1.87. The molecule has 5 heteroatoms. The highest BCUT2D eigenvalue weighted by Crippen LogP contribution is 2.32. The van der Waals surface area contributed by atoms with Crippen LogP contribution >= 0.6 is 11.6 Å². The zero-order valence-electron chi connectivity index (χ0n) is 9.51. The molecule has 0 fully saturated rings. The van der Waals surface area contributed by atoms with Crippen molar-refractivity contribution >= 4 is 11.6 Å².